The van der Waals surface area contributed by atoms with Crippen LogP contribution < -0.4 is 5.32 Å². The summed E-state index contributed by atoms with van der Waals surface area (Å²) in [5.74, 6) is -0.106. The van der Waals surface area contributed by atoms with Gasteiger partial charge in [-0.05, 0) is 57.2 Å². The summed E-state index contributed by atoms with van der Waals surface area (Å²) in [7, 11) is 0. The lowest BCUT2D eigenvalue weighted by atomic mass is 9.77. The molecule has 16 heavy (non-hydrogen) atoms. The molecule has 0 spiro atoms. The number of nitrogens with one attached hydrogen (secondary N) is 1. The summed E-state index contributed by atoms with van der Waals surface area (Å²) < 4.78 is 1.79. The van der Waals surface area contributed by atoms with Gasteiger partial charge in [-0.25, -0.2) is 0 Å². The summed E-state index contributed by atoms with van der Waals surface area (Å²) in [6.07, 6.45) is 2.80. The van der Waals surface area contributed by atoms with Gasteiger partial charge in [0.15, 0.2) is 0 Å². The van der Waals surface area contributed by atoms with Gasteiger partial charge in [0.1, 0.15) is 0 Å². The number of thiophene rings is 1. The van der Waals surface area contributed by atoms with Crippen molar-refractivity contribution in [2.45, 2.75) is 24.8 Å². The first-order chi connectivity index (χ1) is 7.56. The number of aliphatic hydroxyl groups excluding tert-OH is 1. The quantitative estimate of drug-likeness (QED) is 0.861. The molecule has 1 amide bonds. The average Bonchev–Trinajstić information content (AvgIpc) is 2.53. The van der Waals surface area contributed by atoms with E-state index in [9.17, 15) is 9.90 Å². The zero-order chi connectivity index (χ0) is 11.8. The van der Waals surface area contributed by atoms with Crippen LogP contribution in [0.3, 0.4) is 0 Å². The molecule has 1 aliphatic rings. The SMILES string of the molecule is O=C(NC1(CO)CCC1)c1cc(Br)c(Br)s1. The van der Waals surface area contributed by atoms with Crippen LogP contribution in [0, 0.1) is 0 Å². The largest absolute Gasteiger partial charge is 0.394 e. The molecule has 0 atom stereocenters. The van der Waals surface area contributed by atoms with E-state index in [-0.39, 0.29) is 18.1 Å². The van der Waals surface area contributed by atoms with Gasteiger partial charge >= 0.3 is 0 Å². The number of aliphatic hydroxyl groups is 1. The van der Waals surface area contributed by atoms with Crippen molar-refractivity contribution in [2.75, 3.05) is 6.61 Å². The van der Waals surface area contributed by atoms with Crippen LogP contribution in [0.2, 0.25) is 0 Å². The molecule has 1 fully saturated rings. The van der Waals surface area contributed by atoms with E-state index >= 15 is 0 Å². The van der Waals surface area contributed by atoms with Crippen LogP contribution >= 0.6 is 43.2 Å². The standard InChI is InChI=1S/C10H11Br2NO2S/c11-6-4-7(16-8(6)12)9(15)13-10(5-14)2-1-3-10/h4,14H,1-3,5H2,(H,13,15). The number of hydrogen-bond acceptors (Lipinski definition) is 3. The van der Waals surface area contributed by atoms with Gasteiger partial charge in [0.2, 0.25) is 0 Å². The van der Waals surface area contributed by atoms with Crippen molar-refractivity contribution < 1.29 is 9.90 Å². The maximum absolute atomic E-state index is 11.9. The summed E-state index contributed by atoms with van der Waals surface area (Å²) in [5, 5.41) is 12.2. The smallest absolute Gasteiger partial charge is 0.261 e. The fourth-order valence-corrected chi connectivity index (χ4v) is 3.62. The molecule has 0 aromatic carbocycles. The zero-order valence-electron chi connectivity index (χ0n) is 8.43. The van der Waals surface area contributed by atoms with Crippen LogP contribution in [-0.4, -0.2) is 23.2 Å². The van der Waals surface area contributed by atoms with E-state index in [2.05, 4.69) is 37.2 Å². The topological polar surface area (TPSA) is 49.3 Å². The van der Waals surface area contributed by atoms with Gasteiger partial charge in [0, 0.05) is 4.47 Å². The van der Waals surface area contributed by atoms with E-state index in [1.54, 1.807) is 6.07 Å². The average molecular weight is 369 g/mol. The van der Waals surface area contributed by atoms with Crippen LogP contribution in [-0.2, 0) is 0 Å². The Morgan fingerprint density at radius 2 is 2.25 bits per heavy atom. The Hall–Kier alpha value is 0.0900. The molecule has 0 radical (unpaired) electrons. The van der Waals surface area contributed by atoms with Crippen molar-refractivity contribution in [3.63, 3.8) is 0 Å². The molecular weight excluding hydrogens is 358 g/mol. The second-order valence-electron chi connectivity index (χ2n) is 3.98. The molecule has 1 aromatic heterocycles. The molecular formula is C10H11Br2NO2S. The molecule has 2 N–H and O–H groups in total. The van der Waals surface area contributed by atoms with Gasteiger partial charge in [-0.15, -0.1) is 11.3 Å². The Balaban J connectivity index is 2.08. The summed E-state index contributed by atoms with van der Waals surface area (Å²) in [6.45, 7) is 0.0203. The predicted octanol–water partition coefficient (Wildman–Crippen LogP) is 2.92. The third-order valence-corrected chi connectivity index (χ3v) is 6.12. The van der Waals surface area contributed by atoms with Crippen molar-refractivity contribution >= 4 is 49.1 Å². The molecule has 88 valence electrons. The fourth-order valence-electron chi connectivity index (χ4n) is 1.69. The Labute approximate surface area is 114 Å². The second kappa shape index (κ2) is 4.76. The number of halogens is 2. The van der Waals surface area contributed by atoms with Crippen molar-refractivity contribution in [3.8, 4) is 0 Å². The van der Waals surface area contributed by atoms with Crippen LogP contribution in [0.4, 0.5) is 0 Å². The van der Waals surface area contributed by atoms with Gasteiger partial charge in [0.05, 0.1) is 20.8 Å². The summed E-state index contributed by atoms with van der Waals surface area (Å²) >= 11 is 8.08. The number of carbonyl (C=O) groups excluding carboxylic acids is 1. The first kappa shape index (κ1) is 12.5. The van der Waals surface area contributed by atoms with E-state index in [1.165, 1.54) is 11.3 Å². The molecule has 0 bridgehead atoms. The van der Waals surface area contributed by atoms with Gasteiger partial charge < -0.3 is 10.4 Å². The Morgan fingerprint density at radius 1 is 1.56 bits per heavy atom. The highest BCUT2D eigenvalue weighted by Gasteiger charge is 2.38. The minimum Gasteiger partial charge on any atom is -0.394 e. The highest BCUT2D eigenvalue weighted by molar-refractivity contribution is 9.13. The van der Waals surface area contributed by atoms with E-state index in [0.29, 0.717) is 4.88 Å². The monoisotopic (exact) mass is 367 g/mol. The molecule has 1 aromatic rings. The molecule has 6 heteroatoms. The third-order valence-electron chi connectivity index (χ3n) is 2.86. The molecule has 1 aliphatic carbocycles. The summed E-state index contributed by atoms with van der Waals surface area (Å²) in [6, 6.07) is 1.79. The summed E-state index contributed by atoms with van der Waals surface area (Å²) in [4.78, 5) is 12.6. The first-order valence-corrected chi connectivity index (χ1v) is 7.35. The Kier molecular flexibility index (Phi) is 3.73. The maximum Gasteiger partial charge on any atom is 0.261 e. The number of rotatable bonds is 3. The molecule has 0 aliphatic heterocycles. The number of hydrogen-bond donors (Lipinski definition) is 2. The minimum absolute atomic E-state index is 0.0203. The van der Waals surface area contributed by atoms with Crippen molar-refractivity contribution in [1.82, 2.24) is 5.32 Å². The van der Waals surface area contributed by atoms with Crippen molar-refractivity contribution in [3.05, 3.63) is 19.2 Å². The van der Waals surface area contributed by atoms with Crippen molar-refractivity contribution in [1.29, 1.82) is 0 Å². The lowest BCUT2D eigenvalue weighted by Gasteiger charge is -2.40. The van der Waals surface area contributed by atoms with Gasteiger partial charge in [-0.1, -0.05) is 0 Å². The lowest BCUT2D eigenvalue weighted by molar-refractivity contribution is 0.0645. The second-order valence-corrected chi connectivity index (χ2v) is 7.20. The van der Waals surface area contributed by atoms with Crippen LogP contribution in [0.15, 0.2) is 14.3 Å². The molecule has 1 saturated carbocycles. The molecule has 0 saturated heterocycles. The van der Waals surface area contributed by atoms with E-state index < -0.39 is 0 Å². The van der Waals surface area contributed by atoms with Gasteiger partial charge in [0.25, 0.3) is 5.91 Å². The molecule has 1 heterocycles. The van der Waals surface area contributed by atoms with Crippen LogP contribution in [0.5, 0.6) is 0 Å². The molecule has 3 nitrogen and oxygen atoms in total. The lowest BCUT2D eigenvalue weighted by Crippen LogP contribution is -2.56. The Morgan fingerprint density at radius 3 is 2.62 bits per heavy atom. The third kappa shape index (κ3) is 2.34. The number of carbonyl (C=O) groups is 1. The predicted molar refractivity (Wildman–Crippen MR) is 70.9 cm³/mol. The molecule has 0 unspecified atom stereocenters. The van der Waals surface area contributed by atoms with Crippen molar-refractivity contribution in [2.24, 2.45) is 0 Å². The Bertz CT molecular complexity index is 390. The highest BCUT2D eigenvalue weighted by atomic mass is 79.9. The van der Waals surface area contributed by atoms with Crippen LogP contribution in [0.25, 0.3) is 0 Å². The summed E-state index contributed by atoms with van der Waals surface area (Å²) in [5.41, 5.74) is -0.375. The molecule has 2 rings (SSSR count). The van der Waals surface area contributed by atoms with Crippen LogP contribution in [0.1, 0.15) is 28.9 Å². The van der Waals surface area contributed by atoms with E-state index in [0.717, 1.165) is 27.5 Å². The van der Waals surface area contributed by atoms with E-state index in [1.807, 2.05) is 0 Å². The number of amides is 1. The maximum atomic E-state index is 11.9. The zero-order valence-corrected chi connectivity index (χ0v) is 12.4. The minimum atomic E-state index is -0.375. The van der Waals surface area contributed by atoms with Gasteiger partial charge in [-0.3, -0.25) is 4.79 Å². The first-order valence-electron chi connectivity index (χ1n) is 4.94. The highest BCUT2D eigenvalue weighted by Crippen LogP contribution is 2.34. The normalized spacial score (nSPS) is 17.9. The van der Waals surface area contributed by atoms with E-state index in [4.69, 9.17) is 0 Å². The van der Waals surface area contributed by atoms with Gasteiger partial charge in [-0.2, -0.15) is 0 Å². The fraction of sp³-hybridized carbons (Fsp3) is 0.500.